The SMILES string of the molecule is CCCNC(c1cc(Cl)ccc1Cl)C(OC)OC. The van der Waals surface area contributed by atoms with Gasteiger partial charge in [0.05, 0.1) is 6.04 Å². The predicted octanol–water partition coefficient (Wildman–Crippen LogP) is 3.65. The number of hydrogen-bond acceptors (Lipinski definition) is 3. The Balaban J connectivity index is 3.03. The molecular formula is C13H19Cl2NO2. The number of halogens is 2. The summed E-state index contributed by atoms with van der Waals surface area (Å²) in [7, 11) is 3.21. The Morgan fingerprint density at radius 2 is 1.89 bits per heavy atom. The van der Waals surface area contributed by atoms with Gasteiger partial charge >= 0.3 is 0 Å². The van der Waals surface area contributed by atoms with Gasteiger partial charge in [0.2, 0.25) is 0 Å². The molecule has 0 aliphatic carbocycles. The molecule has 1 N–H and O–H groups in total. The molecule has 0 spiro atoms. The normalized spacial score (nSPS) is 13.0. The molecule has 18 heavy (non-hydrogen) atoms. The molecule has 0 aromatic heterocycles. The van der Waals surface area contributed by atoms with Gasteiger partial charge in [0.1, 0.15) is 0 Å². The largest absolute Gasteiger partial charge is 0.354 e. The lowest BCUT2D eigenvalue weighted by Crippen LogP contribution is -2.35. The molecule has 0 saturated heterocycles. The Hall–Kier alpha value is -0.320. The molecule has 1 unspecified atom stereocenters. The van der Waals surface area contributed by atoms with Crippen molar-refractivity contribution in [2.45, 2.75) is 25.7 Å². The zero-order chi connectivity index (χ0) is 13.5. The third kappa shape index (κ3) is 4.11. The molecule has 1 atom stereocenters. The number of nitrogens with one attached hydrogen (secondary N) is 1. The summed E-state index contributed by atoms with van der Waals surface area (Å²) in [6.07, 6.45) is 0.599. The molecule has 1 aromatic rings. The molecule has 0 aliphatic heterocycles. The van der Waals surface area contributed by atoms with E-state index >= 15 is 0 Å². The monoisotopic (exact) mass is 291 g/mol. The summed E-state index contributed by atoms with van der Waals surface area (Å²) in [5.74, 6) is 0. The number of methoxy groups -OCH3 is 2. The van der Waals surface area contributed by atoms with E-state index in [0.29, 0.717) is 10.0 Å². The van der Waals surface area contributed by atoms with Crippen LogP contribution < -0.4 is 5.32 Å². The fraction of sp³-hybridized carbons (Fsp3) is 0.538. The Bertz CT molecular complexity index is 370. The van der Waals surface area contributed by atoms with Crippen molar-refractivity contribution in [2.75, 3.05) is 20.8 Å². The van der Waals surface area contributed by atoms with Crippen LogP contribution in [-0.2, 0) is 9.47 Å². The first-order valence-corrected chi connectivity index (χ1v) is 6.63. The summed E-state index contributed by atoms with van der Waals surface area (Å²) in [6.45, 7) is 2.94. The molecule has 0 fully saturated rings. The zero-order valence-corrected chi connectivity index (χ0v) is 12.4. The molecule has 0 saturated carbocycles. The average molecular weight is 292 g/mol. The summed E-state index contributed by atoms with van der Waals surface area (Å²) < 4.78 is 10.6. The fourth-order valence-electron chi connectivity index (χ4n) is 1.77. The van der Waals surface area contributed by atoms with E-state index in [1.807, 2.05) is 6.07 Å². The van der Waals surface area contributed by atoms with E-state index in [0.717, 1.165) is 18.5 Å². The molecule has 3 nitrogen and oxygen atoms in total. The van der Waals surface area contributed by atoms with Gasteiger partial charge in [-0.25, -0.2) is 0 Å². The summed E-state index contributed by atoms with van der Waals surface area (Å²) >= 11 is 12.2. The minimum atomic E-state index is -0.410. The highest BCUT2D eigenvalue weighted by atomic mass is 35.5. The van der Waals surface area contributed by atoms with Crippen LogP contribution in [0.3, 0.4) is 0 Å². The lowest BCUT2D eigenvalue weighted by molar-refractivity contribution is -0.124. The molecule has 0 heterocycles. The number of hydrogen-bond donors (Lipinski definition) is 1. The molecule has 0 radical (unpaired) electrons. The van der Waals surface area contributed by atoms with Crippen molar-refractivity contribution in [1.82, 2.24) is 5.32 Å². The molecule has 5 heteroatoms. The van der Waals surface area contributed by atoms with E-state index in [1.165, 1.54) is 0 Å². The van der Waals surface area contributed by atoms with Gasteiger partial charge in [-0.15, -0.1) is 0 Å². The number of ether oxygens (including phenoxy) is 2. The molecule has 1 rings (SSSR count). The lowest BCUT2D eigenvalue weighted by atomic mass is 10.1. The highest BCUT2D eigenvalue weighted by Crippen LogP contribution is 2.29. The van der Waals surface area contributed by atoms with Gasteiger partial charge in [0.15, 0.2) is 6.29 Å². The second-order valence-electron chi connectivity index (χ2n) is 3.94. The topological polar surface area (TPSA) is 30.5 Å². The fourth-order valence-corrected chi connectivity index (χ4v) is 2.19. The van der Waals surface area contributed by atoms with Gasteiger partial charge in [-0.05, 0) is 36.7 Å². The third-order valence-electron chi connectivity index (χ3n) is 2.64. The molecule has 0 aliphatic rings. The first-order chi connectivity index (χ1) is 8.63. The maximum atomic E-state index is 6.22. The van der Waals surface area contributed by atoms with Crippen LogP contribution in [0.15, 0.2) is 18.2 Å². The highest BCUT2D eigenvalue weighted by Gasteiger charge is 2.24. The second-order valence-corrected chi connectivity index (χ2v) is 4.78. The highest BCUT2D eigenvalue weighted by molar-refractivity contribution is 6.33. The van der Waals surface area contributed by atoms with Crippen molar-refractivity contribution in [3.63, 3.8) is 0 Å². The average Bonchev–Trinajstić information content (AvgIpc) is 2.38. The third-order valence-corrected chi connectivity index (χ3v) is 3.22. The van der Waals surface area contributed by atoms with Gasteiger partial charge in [0.25, 0.3) is 0 Å². The lowest BCUT2D eigenvalue weighted by Gasteiger charge is -2.27. The van der Waals surface area contributed by atoms with Gasteiger partial charge < -0.3 is 14.8 Å². The smallest absolute Gasteiger partial charge is 0.176 e. The Morgan fingerprint density at radius 1 is 1.22 bits per heavy atom. The molecular weight excluding hydrogens is 273 g/mol. The minimum Gasteiger partial charge on any atom is -0.354 e. The molecule has 0 bridgehead atoms. The van der Waals surface area contributed by atoms with E-state index in [-0.39, 0.29) is 6.04 Å². The van der Waals surface area contributed by atoms with Crippen molar-refractivity contribution >= 4 is 23.2 Å². The number of rotatable bonds is 7. The Kier molecular flexibility index (Phi) is 6.97. The van der Waals surface area contributed by atoms with Crippen LogP contribution >= 0.6 is 23.2 Å². The first-order valence-electron chi connectivity index (χ1n) is 5.88. The summed E-state index contributed by atoms with van der Waals surface area (Å²) in [4.78, 5) is 0. The zero-order valence-electron chi connectivity index (χ0n) is 10.9. The summed E-state index contributed by atoms with van der Waals surface area (Å²) in [5.41, 5.74) is 0.881. The van der Waals surface area contributed by atoms with Crippen LogP contribution in [-0.4, -0.2) is 27.1 Å². The summed E-state index contributed by atoms with van der Waals surface area (Å²) in [5, 5.41) is 4.65. The van der Waals surface area contributed by atoms with Gasteiger partial charge in [-0.2, -0.15) is 0 Å². The van der Waals surface area contributed by atoms with Crippen LogP contribution in [0.5, 0.6) is 0 Å². The van der Waals surface area contributed by atoms with Crippen molar-refractivity contribution in [2.24, 2.45) is 0 Å². The van der Waals surface area contributed by atoms with Crippen molar-refractivity contribution in [3.8, 4) is 0 Å². The number of benzene rings is 1. The maximum absolute atomic E-state index is 6.22. The van der Waals surface area contributed by atoms with E-state index in [2.05, 4.69) is 12.2 Å². The van der Waals surface area contributed by atoms with Crippen LogP contribution in [0.4, 0.5) is 0 Å². The van der Waals surface area contributed by atoms with Crippen LogP contribution in [0, 0.1) is 0 Å². The van der Waals surface area contributed by atoms with Gasteiger partial charge in [-0.3, -0.25) is 0 Å². The van der Waals surface area contributed by atoms with E-state index in [1.54, 1.807) is 26.4 Å². The van der Waals surface area contributed by atoms with Crippen molar-refractivity contribution in [1.29, 1.82) is 0 Å². The van der Waals surface area contributed by atoms with E-state index < -0.39 is 6.29 Å². The quantitative estimate of drug-likeness (QED) is 0.778. The van der Waals surface area contributed by atoms with Gasteiger partial charge in [0, 0.05) is 24.3 Å². The van der Waals surface area contributed by atoms with Crippen molar-refractivity contribution in [3.05, 3.63) is 33.8 Å². The molecule has 1 aromatic carbocycles. The minimum absolute atomic E-state index is 0.147. The predicted molar refractivity (Wildman–Crippen MR) is 75.3 cm³/mol. The maximum Gasteiger partial charge on any atom is 0.176 e. The van der Waals surface area contributed by atoms with Crippen LogP contribution in [0.2, 0.25) is 10.0 Å². The summed E-state index contributed by atoms with van der Waals surface area (Å²) in [6, 6.07) is 5.23. The molecule has 0 amide bonds. The first kappa shape index (κ1) is 15.7. The van der Waals surface area contributed by atoms with E-state index in [4.69, 9.17) is 32.7 Å². The standard InChI is InChI=1S/C13H19Cl2NO2/c1-4-7-16-12(13(17-2)18-3)10-8-9(14)5-6-11(10)15/h5-6,8,12-13,16H,4,7H2,1-3H3. The molecule has 102 valence electrons. The van der Waals surface area contributed by atoms with E-state index in [9.17, 15) is 0 Å². The van der Waals surface area contributed by atoms with Gasteiger partial charge in [-0.1, -0.05) is 30.1 Å². The van der Waals surface area contributed by atoms with Crippen LogP contribution in [0.25, 0.3) is 0 Å². The van der Waals surface area contributed by atoms with Crippen LogP contribution in [0.1, 0.15) is 24.9 Å². The van der Waals surface area contributed by atoms with Crippen molar-refractivity contribution < 1.29 is 9.47 Å². The second kappa shape index (κ2) is 7.97. The Morgan fingerprint density at radius 3 is 2.44 bits per heavy atom. The Labute approximate surface area is 118 Å².